The minimum atomic E-state index is -1.46. The molecule has 1 amide bonds. The molecule has 0 saturated carbocycles. The summed E-state index contributed by atoms with van der Waals surface area (Å²) < 4.78 is 64.7. The van der Waals surface area contributed by atoms with Gasteiger partial charge >= 0.3 is 5.97 Å². The molecule has 0 aromatic carbocycles. The lowest BCUT2D eigenvalue weighted by molar-refractivity contribution is -0.143. The van der Waals surface area contributed by atoms with E-state index in [1.807, 2.05) is 0 Å². The maximum absolute atomic E-state index is 11.4. The van der Waals surface area contributed by atoms with Gasteiger partial charge in [0.05, 0.1) is 139 Å². The minimum Gasteiger partial charge on any atom is -0.480 e. The Morgan fingerprint density at radius 1 is 0.435 bits per heavy atom. The topological polar surface area (TPSA) is 177 Å². The zero-order valence-electron chi connectivity index (χ0n) is 28.1. The summed E-state index contributed by atoms with van der Waals surface area (Å²) in [5.74, 6) is -1.52. The van der Waals surface area contributed by atoms with Crippen LogP contribution in [0.15, 0.2) is 0 Å². The molecular weight excluding hydrogens is 630 g/mol. The second kappa shape index (κ2) is 35.0. The smallest absolute Gasteiger partial charge is 0.329 e. The Kier molecular flexibility index (Phi) is 34.0. The molecule has 0 atom stereocenters. The van der Waals surface area contributed by atoms with Crippen molar-refractivity contribution in [2.24, 2.45) is 0 Å². The first-order valence-electron chi connectivity index (χ1n) is 15.8. The first-order chi connectivity index (χ1) is 22.3. The fourth-order valence-corrected chi connectivity index (χ4v) is 3.73. The van der Waals surface area contributed by atoms with Gasteiger partial charge in [0.2, 0.25) is 5.91 Å². The van der Waals surface area contributed by atoms with Crippen LogP contribution in [0.3, 0.4) is 0 Å². The van der Waals surface area contributed by atoms with E-state index >= 15 is 0 Å². The molecule has 16 nitrogen and oxygen atoms in total. The number of carbonyl (C=O) groups excluding carboxylic acids is 1. The van der Waals surface area contributed by atoms with E-state index in [-0.39, 0.29) is 6.61 Å². The van der Waals surface area contributed by atoms with E-state index < -0.39 is 26.8 Å². The Hall–Kier alpha value is -1.32. The molecule has 0 aromatic rings. The molecule has 0 unspecified atom stereocenters. The monoisotopic (exact) mass is 689 g/mol. The SMILES string of the molecule is C[Si](C)(C)OCCOCCOCCOCCOCCOCCOCCOCCOCCOCCOCCNC(=O)COCC(=O)O. The van der Waals surface area contributed by atoms with Crippen LogP contribution in [0.25, 0.3) is 0 Å². The minimum absolute atomic E-state index is 0.300. The fraction of sp³-hybridized carbons (Fsp3) is 0.931. The molecule has 0 radical (unpaired) electrons. The zero-order chi connectivity index (χ0) is 33.8. The van der Waals surface area contributed by atoms with Crippen LogP contribution in [0.5, 0.6) is 0 Å². The summed E-state index contributed by atoms with van der Waals surface area (Å²) in [4.78, 5) is 21.6. The number of hydrogen-bond donors (Lipinski definition) is 2. The summed E-state index contributed by atoms with van der Waals surface area (Å²) in [6.07, 6.45) is 0. The second-order valence-electron chi connectivity index (χ2n) is 10.3. The summed E-state index contributed by atoms with van der Waals surface area (Å²) in [5, 5.41) is 11.0. The molecule has 2 N–H and O–H groups in total. The van der Waals surface area contributed by atoms with Crippen molar-refractivity contribution in [2.45, 2.75) is 19.6 Å². The average molecular weight is 690 g/mol. The number of ether oxygens (including phenoxy) is 11. The van der Waals surface area contributed by atoms with Crippen LogP contribution < -0.4 is 5.32 Å². The van der Waals surface area contributed by atoms with Crippen molar-refractivity contribution in [2.75, 3.05) is 159 Å². The van der Waals surface area contributed by atoms with Crippen LogP contribution in [0, 0.1) is 0 Å². The lowest BCUT2D eigenvalue weighted by Gasteiger charge is -2.16. The van der Waals surface area contributed by atoms with Crippen molar-refractivity contribution in [3.05, 3.63) is 0 Å². The molecule has 17 heteroatoms. The summed E-state index contributed by atoms with van der Waals surface area (Å²) in [5.41, 5.74) is 0. The Balaban J connectivity index is 3.10. The molecule has 274 valence electrons. The van der Waals surface area contributed by atoms with Gasteiger partial charge < -0.3 is 67.0 Å². The highest BCUT2D eigenvalue weighted by Crippen LogP contribution is 2.01. The number of carboxylic acids is 1. The number of nitrogens with one attached hydrogen (secondary N) is 1. The van der Waals surface area contributed by atoms with E-state index in [0.717, 1.165) is 0 Å². The number of carboxylic acid groups (broad SMARTS) is 1. The van der Waals surface area contributed by atoms with Crippen LogP contribution in [0.4, 0.5) is 0 Å². The summed E-state index contributed by atoms with van der Waals surface area (Å²) in [6.45, 7) is 16.2. The van der Waals surface area contributed by atoms with Crippen molar-refractivity contribution in [3.63, 3.8) is 0 Å². The fourth-order valence-electron chi connectivity index (χ4n) is 3.03. The number of hydrogen-bond acceptors (Lipinski definition) is 14. The van der Waals surface area contributed by atoms with Crippen LogP contribution in [0.1, 0.15) is 0 Å². The van der Waals surface area contributed by atoms with Gasteiger partial charge in [-0.3, -0.25) is 4.79 Å². The van der Waals surface area contributed by atoms with Gasteiger partial charge in [-0.15, -0.1) is 0 Å². The van der Waals surface area contributed by atoms with Gasteiger partial charge in [0, 0.05) is 6.54 Å². The van der Waals surface area contributed by atoms with Gasteiger partial charge in [0.15, 0.2) is 8.32 Å². The van der Waals surface area contributed by atoms with Gasteiger partial charge in [-0.2, -0.15) is 0 Å². The third-order valence-electron chi connectivity index (χ3n) is 5.14. The van der Waals surface area contributed by atoms with Crippen LogP contribution in [-0.2, 0) is 66.1 Å². The second-order valence-corrected chi connectivity index (χ2v) is 14.8. The molecule has 0 spiro atoms. The van der Waals surface area contributed by atoms with Crippen molar-refractivity contribution in [1.82, 2.24) is 5.32 Å². The molecule has 0 rings (SSSR count). The van der Waals surface area contributed by atoms with Crippen LogP contribution >= 0.6 is 0 Å². The molecule has 0 aromatic heterocycles. The highest BCUT2D eigenvalue weighted by atomic mass is 28.4. The van der Waals surface area contributed by atoms with E-state index in [1.165, 1.54) is 0 Å². The van der Waals surface area contributed by atoms with Gasteiger partial charge in [-0.1, -0.05) is 0 Å². The first kappa shape index (κ1) is 44.7. The lowest BCUT2D eigenvalue weighted by atomic mass is 10.6. The molecule has 0 aliphatic carbocycles. The number of carbonyl (C=O) groups is 2. The summed E-state index contributed by atoms with van der Waals surface area (Å²) >= 11 is 0. The molecule has 0 bridgehead atoms. The largest absolute Gasteiger partial charge is 0.480 e. The molecule has 0 heterocycles. The third-order valence-corrected chi connectivity index (χ3v) is 6.21. The quantitative estimate of drug-likeness (QED) is 0.0664. The Morgan fingerprint density at radius 3 is 1.00 bits per heavy atom. The van der Waals surface area contributed by atoms with E-state index in [9.17, 15) is 9.59 Å². The van der Waals surface area contributed by atoms with Crippen molar-refractivity contribution in [3.8, 4) is 0 Å². The molecule has 0 fully saturated rings. The van der Waals surface area contributed by atoms with E-state index in [0.29, 0.717) is 145 Å². The maximum atomic E-state index is 11.4. The van der Waals surface area contributed by atoms with Gasteiger partial charge in [-0.05, 0) is 19.6 Å². The highest BCUT2D eigenvalue weighted by Gasteiger charge is 2.13. The van der Waals surface area contributed by atoms with Gasteiger partial charge in [0.25, 0.3) is 0 Å². The molecule has 0 aliphatic rings. The molecular formula is C29H59NO15Si. The Morgan fingerprint density at radius 2 is 0.717 bits per heavy atom. The van der Waals surface area contributed by atoms with Gasteiger partial charge in [-0.25, -0.2) is 4.79 Å². The normalized spacial score (nSPS) is 11.7. The Bertz CT molecular complexity index is 673. The third kappa shape index (κ3) is 40.7. The van der Waals surface area contributed by atoms with E-state index in [2.05, 4.69) is 29.7 Å². The van der Waals surface area contributed by atoms with Crippen LogP contribution in [-0.4, -0.2) is 184 Å². The summed E-state index contributed by atoms with van der Waals surface area (Å²) in [6, 6.07) is 0. The van der Waals surface area contributed by atoms with Crippen molar-refractivity contribution in [1.29, 1.82) is 0 Å². The van der Waals surface area contributed by atoms with Crippen molar-refractivity contribution >= 4 is 20.2 Å². The van der Waals surface area contributed by atoms with Crippen molar-refractivity contribution < 1.29 is 71.2 Å². The first-order valence-corrected chi connectivity index (χ1v) is 19.2. The molecule has 0 aliphatic heterocycles. The number of rotatable bonds is 38. The summed E-state index contributed by atoms with van der Waals surface area (Å²) in [7, 11) is -1.46. The highest BCUT2D eigenvalue weighted by molar-refractivity contribution is 6.69. The van der Waals surface area contributed by atoms with E-state index in [4.69, 9.17) is 56.9 Å². The Labute approximate surface area is 274 Å². The van der Waals surface area contributed by atoms with Crippen LogP contribution in [0.2, 0.25) is 19.6 Å². The maximum Gasteiger partial charge on any atom is 0.329 e. The number of amides is 1. The molecule has 46 heavy (non-hydrogen) atoms. The van der Waals surface area contributed by atoms with E-state index in [1.54, 1.807) is 0 Å². The molecule has 0 saturated heterocycles. The lowest BCUT2D eigenvalue weighted by Crippen LogP contribution is -2.31. The zero-order valence-corrected chi connectivity index (χ0v) is 29.1. The number of aliphatic carboxylic acids is 1. The standard InChI is InChI=1S/C29H59NO15Si/c1-46(2,3)45-25-24-43-23-22-42-21-20-41-19-18-40-17-16-39-15-14-38-13-12-37-11-10-36-9-8-35-7-6-34-5-4-30-28(31)26-44-27-29(32)33/h4-27H2,1-3H3,(H,30,31)(H,32,33). The van der Waals surface area contributed by atoms with Gasteiger partial charge in [0.1, 0.15) is 13.2 Å². The average Bonchev–Trinajstić information content (AvgIpc) is 3.00. The predicted molar refractivity (Wildman–Crippen MR) is 169 cm³/mol. The predicted octanol–water partition coefficient (Wildman–Crippen LogP) is 0.221.